The van der Waals surface area contributed by atoms with Crippen LogP contribution in [0.4, 0.5) is 0 Å². The molecule has 2 rings (SSSR count). The summed E-state index contributed by atoms with van der Waals surface area (Å²) < 4.78 is 0. The van der Waals surface area contributed by atoms with Crippen LogP contribution in [0.1, 0.15) is 57.8 Å². The van der Waals surface area contributed by atoms with Crippen molar-refractivity contribution in [2.75, 3.05) is 0 Å². The van der Waals surface area contributed by atoms with Crippen molar-refractivity contribution in [3.05, 3.63) is 11.6 Å². The highest BCUT2D eigenvalue weighted by atomic mass is 14.7. The summed E-state index contributed by atoms with van der Waals surface area (Å²) in [5.74, 6) is 0.820. The molecule has 0 aliphatic heterocycles. The second kappa shape index (κ2) is 4.97. The van der Waals surface area contributed by atoms with Crippen molar-refractivity contribution in [1.82, 2.24) is 0 Å². The largest absolute Gasteiger partial charge is 0.324 e. The number of nitrogens with two attached hydrogens (primary N) is 1. The summed E-state index contributed by atoms with van der Waals surface area (Å²) in [6, 6.07) is 0.404. The van der Waals surface area contributed by atoms with Crippen LogP contribution in [-0.2, 0) is 0 Å². The zero-order valence-corrected chi connectivity index (χ0v) is 9.17. The smallest absolute Gasteiger partial charge is 0.0282 e. The van der Waals surface area contributed by atoms with Gasteiger partial charge in [0.1, 0.15) is 0 Å². The Labute approximate surface area is 87.8 Å². The predicted molar refractivity (Wildman–Crippen MR) is 61.1 cm³/mol. The molecule has 1 unspecified atom stereocenters. The van der Waals surface area contributed by atoms with Gasteiger partial charge >= 0.3 is 0 Å². The minimum Gasteiger partial charge on any atom is -0.324 e. The first-order valence-electron chi connectivity index (χ1n) is 6.32. The first kappa shape index (κ1) is 10.2. The quantitative estimate of drug-likeness (QED) is 0.668. The molecule has 2 N–H and O–H groups in total. The fourth-order valence-corrected chi connectivity index (χ4v) is 2.62. The van der Waals surface area contributed by atoms with Crippen LogP contribution in [0.3, 0.4) is 0 Å². The van der Waals surface area contributed by atoms with E-state index in [4.69, 9.17) is 5.73 Å². The normalized spacial score (nSPS) is 30.8. The Balaban J connectivity index is 1.91. The van der Waals surface area contributed by atoms with Gasteiger partial charge in [0.15, 0.2) is 0 Å². The second-order valence-electron chi connectivity index (χ2n) is 4.95. The zero-order chi connectivity index (χ0) is 9.80. The lowest BCUT2D eigenvalue weighted by Gasteiger charge is -2.33. The van der Waals surface area contributed by atoms with Crippen molar-refractivity contribution in [1.29, 1.82) is 0 Å². The van der Waals surface area contributed by atoms with E-state index in [2.05, 4.69) is 6.08 Å². The van der Waals surface area contributed by atoms with Crippen molar-refractivity contribution in [3.63, 3.8) is 0 Å². The first-order chi connectivity index (χ1) is 6.88. The maximum absolute atomic E-state index is 6.31. The van der Waals surface area contributed by atoms with E-state index >= 15 is 0 Å². The van der Waals surface area contributed by atoms with Crippen LogP contribution in [0.5, 0.6) is 0 Å². The van der Waals surface area contributed by atoms with Gasteiger partial charge in [-0.2, -0.15) is 0 Å². The molecule has 0 aromatic rings. The average Bonchev–Trinajstić information content (AvgIpc) is 1.99. The molecule has 0 aromatic carbocycles. The summed E-state index contributed by atoms with van der Waals surface area (Å²) in [4.78, 5) is 0. The fraction of sp³-hybridized carbons (Fsp3) is 0.846. The molecule has 0 radical (unpaired) electrons. The number of allylic oxidation sites excluding steroid dienone is 1. The molecule has 2 aliphatic rings. The Morgan fingerprint density at radius 2 is 1.86 bits per heavy atom. The highest BCUT2D eigenvalue weighted by Crippen LogP contribution is 2.33. The van der Waals surface area contributed by atoms with Gasteiger partial charge in [-0.25, -0.2) is 0 Å². The Morgan fingerprint density at radius 3 is 2.57 bits per heavy atom. The van der Waals surface area contributed by atoms with Crippen molar-refractivity contribution >= 4 is 0 Å². The monoisotopic (exact) mass is 193 g/mol. The van der Waals surface area contributed by atoms with E-state index in [0.717, 1.165) is 5.92 Å². The molecule has 0 saturated heterocycles. The van der Waals surface area contributed by atoms with E-state index in [-0.39, 0.29) is 0 Å². The van der Waals surface area contributed by atoms with E-state index in [1.165, 1.54) is 57.8 Å². The lowest BCUT2D eigenvalue weighted by atomic mass is 9.76. The summed E-state index contributed by atoms with van der Waals surface area (Å²) in [5, 5.41) is 0. The van der Waals surface area contributed by atoms with Crippen molar-refractivity contribution in [2.24, 2.45) is 11.7 Å². The summed E-state index contributed by atoms with van der Waals surface area (Å²) in [6.45, 7) is 0. The highest BCUT2D eigenvalue weighted by molar-refractivity contribution is 5.13. The molecule has 0 spiro atoms. The third-order valence-electron chi connectivity index (χ3n) is 3.91. The van der Waals surface area contributed by atoms with E-state index in [1.54, 1.807) is 5.57 Å². The van der Waals surface area contributed by atoms with Crippen LogP contribution in [0.25, 0.3) is 0 Å². The Morgan fingerprint density at radius 1 is 1.07 bits per heavy atom. The Bertz CT molecular complexity index is 203. The lowest BCUT2D eigenvalue weighted by molar-refractivity contribution is 0.277. The van der Waals surface area contributed by atoms with Gasteiger partial charge < -0.3 is 5.73 Å². The lowest BCUT2D eigenvalue weighted by Crippen LogP contribution is -2.36. The molecule has 0 bridgehead atoms. The fourth-order valence-electron chi connectivity index (χ4n) is 2.62. The minimum atomic E-state index is 0.404. The van der Waals surface area contributed by atoms with Crippen LogP contribution >= 0.6 is 0 Å². The van der Waals surface area contributed by atoms with Crippen LogP contribution in [0, 0.1) is 5.92 Å². The Hall–Kier alpha value is -0.300. The molecule has 1 nitrogen and oxygen atoms in total. The van der Waals surface area contributed by atoms with Gasteiger partial charge in [0, 0.05) is 6.04 Å². The molecular weight excluding hydrogens is 170 g/mol. The molecule has 14 heavy (non-hydrogen) atoms. The van der Waals surface area contributed by atoms with Crippen LogP contribution in [0.2, 0.25) is 0 Å². The standard InChI is InChI=1S/C13H23N/c14-13(12-9-6-10-12)11-7-4-2-1-3-5-8-11/h7,12-13H,1-6,8-10,14H2/b11-7+. The van der Waals surface area contributed by atoms with Gasteiger partial charge in [-0.15, -0.1) is 0 Å². The predicted octanol–water partition coefficient (Wildman–Crippen LogP) is 3.39. The molecule has 0 heterocycles. The van der Waals surface area contributed by atoms with Crippen LogP contribution in [-0.4, -0.2) is 6.04 Å². The molecule has 0 amide bonds. The van der Waals surface area contributed by atoms with Gasteiger partial charge in [-0.05, 0) is 44.4 Å². The topological polar surface area (TPSA) is 26.0 Å². The molecular formula is C13H23N. The average molecular weight is 193 g/mol. The van der Waals surface area contributed by atoms with Gasteiger partial charge in [0.2, 0.25) is 0 Å². The number of hydrogen-bond donors (Lipinski definition) is 1. The molecule has 0 aromatic heterocycles. The minimum absolute atomic E-state index is 0.404. The first-order valence-corrected chi connectivity index (χ1v) is 6.32. The third kappa shape index (κ3) is 2.38. The maximum Gasteiger partial charge on any atom is 0.0282 e. The van der Waals surface area contributed by atoms with Crippen LogP contribution < -0.4 is 5.73 Å². The summed E-state index contributed by atoms with van der Waals surface area (Å²) >= 11 is 0. The van der Waals surface area contributed by atoms with E-state index in [0.29, 0.717) is 6.04 Å². The van der Waals surface area contributed by atoms with Crippen molar-refractivity contribution in [2.45, 2.75) is 63.8 Å². The van der Waals surface area contributed by atoms with Crippen molar-refractivity contribution in [3.8, 4) is 0 Å². The molecule has 1 saturated carbocycles. The SMILES string of the molecule is NC(/C1=C/CCCCCC1)C1CCC1. The van der Waals surface area contributed by atoms with E-state index < -0.39 is 0 Å². The highest BCUT2D eigenvalue weighted by Gasteiger charge is 2.26. The number of hydrogen-bond acceptors (Lipinski definition) is 1. The van der Waals surface area contributed by atoms with Gasteiger partial charge in [0.05, 0.1) is 0 Å². The van der Waals surface area contributed by atoms with Gasteiger partial charge in [-0.1, -0.05) is 30.9 Å². The molecule has 1 heteroatoms. The third-order valence-corrected chi connectivity index (χ3v) is 3.91. The van der Waals surface area contributed by atoms with Gasteiger partial charge in [0.25, 0.3) is 0 Å². The molecule has 1 atom stereocenters. The Kier molecular flexibility index (Phi) is 3.63. The van der Waals surface area contributed by atoms with Crippen molar-refractivity contribution < 1.29 is 0 Å². The summed E-state index contributed by atoms with van der Waals surface area (Å²) in [5.41, 5.74) is 7.88. The number of rotatable bonds is 2. The second-order valence-corrected chi connectivity index (χ2v) is 4.95. The summed E-state index contributed by atoms with van der Waals surface area (Å²) in [7, 11) is 0. The van der Waals surface area contributed by atoms with E-state index in [9.17, 15) is 0 Å². The molecule has 1 fully saturated rings. The van der Waals surface area contributed by atoms with E-state index in [1.807, 2.05) is 0 Å². The molecule has 2 aliphatic carbocycles. The summed E-state index contributed by atoms with van der Waals surface area (Å²) in [6.07, 6.45) is 14.7. The van der Waals surface area contributed by atoms with Crippen LogP contribution in [0.15, 0.2) is 11.6 Å². The zero-order valence-electron chi connectivity index (χ0n) is 9.17. The maximum atomic E-state index is 6.31. The van der Waals surface area contributed by atoms with Gasteiger partial charge in [-0.3, -0.25) is 0 Å². The molecule has 80 valence electrons.